The molecule has 4 heteroatoms. The summed E-state index contributed by atoms with van der Waals surface area (Å²) in [6.45, 7) is 11.4. The fourth-order valence-electron chi connectivity index (χ4n) is 3.92. The molecule has 1 aromatic carbocycles. The Balaban J connectivity index is 1.66. The summed E-state index contributed by atoms with van der Waals surface area (Å²) >= 11 is 1.89. The van der Waals surface area contributed by atoms with Crippen molar-refractivity contribution in [3.05, 3.63) is 70.8 Å². The van der Waals surface area contributed by atoms with Gasteiger partial charge >= 0.3 is 0 Å². The molecule has 2 atom stereocenters. The fourth-order valence-corrected chi connectivity index (χ4v) is 5.33. The zero-order chi connectivity index (χ0) is 19.4. The quantitative estimate of drug-likeness (QED) is 0.608. The first-order chi connectivity index (χ1) is 13.0. The van der Waals surface area contributed by atoms with Crippen molar-refractivity contribution in [3.8, 4) is 0 Å². The fraction of sp³-hybridized carbons (Fsp3) is 0.391. The molecule has 1 heterocycles. The van der Waals surface area contributed by atoms with Crippen molar-refractivity contribution >= 4 is 21.9 Å². The maximum atomic E-state index is 6.37. The largest absolute Gasteiger partial charge is 0.387 e. The minimum Gasteiger partial charge on any atom is -0.387 e. The molecule has 1 aromatic heterocycles. The third kappa shape index (κ3) is 4.45. The summed E-state index contributed by atoms with van der Waals surface area (Å²) in [5.41, 5.74) is 12.5. The van der Waals surface area contributed by atoms with E-state index < -0.39 is 0 Å². The van der Waals surface area contributed by atoms with Crippen LogP contribution in [0.2, 0.25) is 0 Å². The lowest BCUT2D eigenvalue weighted by atomic mass is 9.86. The highest BCUT2D eigenvalue weighted by Crippen LogP contribution is 2.45. The SMILES string of the molecule is C=C(C)c1c(NC)sc2c1CCCC2CNC(=C)C(N)Cc1ccccc1. The van der Waals surface area contributed by atoms with Crippen molar-refractivity contribution in [3.63, 3.8) is 0 Å². The van der Waals surface area contributed by atoms with Gasteiger partial charge in [-0.1, -0.05) is 43.5 Å². The van der Waals surface area contributed by atoms with Gasteiger partial charge in [0.1, 0.15) is 0 Å². The van der Waals surface area contributed by atoms with E-state index in [-0.39, 0.29) is 6.04 Å². The van der Waals surface area contributed by atoms with Crippen molar-refractivity contribution in [2.24, 2.45) is 5.73 Å². The van der Waals surface area contributed by atoms with Crippen molar-refractivity contribution in [2.45, 2.75) is 44.6 Å². The highest BCUT2D eigenvalue weighted by Gasteiger charge is 2.27. The average molecular weight is 382 g/mol. The van der Waals surface area contributed by atoms with Crippen LogP contribution < -0.4 is 16.4 Å². The zero-order valence-corrected chi connectivity index (χ0v) is 17.3. The van der Waals surface area contributed by atoms with E-state index in [0.29, 0.717) is 5.92 Å². The Labute approximate surface area is 167 Å². The van der Waals surface area contributed by atoms with Crippen LogP contribution in [0.4, 0.5) is 5.00 Å². The molecule has 0 bridgehead atoms. The molecule has 0 spiro atoms. The van der Waals surface area contributed by atoms with Crippen molar-refractivity contribution < 1.29 is 0 Å². The summed E-state index contributed by atoms with van der Waals surface area (Å²) in [4.78, 5) is 1.50. The number of rotatable bonds is 8. The van der Waals surface area contributed by atoms with Crippen LogP contribution in [0, 0.1) is 0 Å². The second-order valence-corrected chi connectivity index (χ2v) is 8.52. The Morgan fingerprint density at radius 2 is 2.04 bits per heavy atom. The first kappa shape index (κ1) is 19.7. The minimum atomic E-state index is -0.0716. The zero-order valence-electron chi connectivity index (χ0n) is 16.5. The maximum Gasteiger partial charge on any atom is 0.0961 e. The summed E-state index contributed by atoms with van der Waals surface area (Å²) in [6.07, 6.45) is 4.40. The molecule has 0 fully saturated rings. The van der Waals surface area contributed by atoms with Gasteiger partial charge in [-0.3, -0.25) is 0 Å². The van der Waals surface area contributed by atoms with Crippen LogP contribution in [0.1, 0.15) is 47.3 Å². The molecule has 1 aliphatic rings. The summed E-state index contributed by atoms with van der Waals surface area (Å²) in [7, 11) is 2.00. The molecular formula is C23H31N3S. The van der Waals surface area contributed by atoms with Gasteiger partial charge in [0, 0.05) is 41.7 Å². The summed E-state index contributed by atoms with van der Waals surface area (Å²) in [6, 6.07) is 10.3. The van der Waals surface area contributed by atoms with Gasteiger partial charge in [0.15, 0.2) is 0 Å². The van der Waals surface area contributed by atoms with Crippen molar-refractivity contribution in [1.82, 2.24) is 5.32 Å². The van der Waals surface area contributed by atoms with Gasteiger partial charge in [-0.25, -0.2) is 0 Å². The van der Waals surface area contributed by atoms with E-state index in [1.807, 2.05) is 24.5 Å². The number of allylic oxidation sites excluding steroid dienone is 1. The highest BCUT2D eigenvalue weighted by molar-refractivity contribution is 7.16. The highest BCUT2D eigenvalue weighted by atomic mass is 32.1. The van der Waals surface area contributed by atoms with Gasteiger partial charge in [0.25, 0.3) is 0 Å². The first-order valence-electron chi connectivity index (χ1n) is 9.72. The van der Waals surface area contributed by atoms with E-state index in [1.54, 1.807) is 0 Å². The van der Waals surface area contributed by atoms with Crippen LogP contribution in [0.25, 0.3) is 5.57 Å². The molecule has 0 aliphatic heterocycles. The third-order valence-corrected chi connectivity index (χ3v) is 6.78. The van der Waals surface area contributed by atoms with E-state index in [4.69, 9.17) is 5.73 Å². The van der Waals surface area contributed by atoms with Crippen molar-refractivity contribution in [2.75, 3.05) is 18.9 Å². The maximum absolute atomic E-state index is 6.37. The Morgan fingerprint density at radius 1 is 1.30 bits per heavy atom. The second-order valence-electron chi connectivity index (χ2n) is 7.47. The van der Waals surface area contributed by atoms with Crippen LogP contribution in [0.5, 0.6) is 0 Å². The van der Waals surface area contributed by atoms with E-state index in [9.17, 15) is 0 Å². The van der Waals surface area contributed by atoms with Gasteiger partial charge in [-0.15, -0.1) is 11.3 Å². The Kier molecular flexibility index (Phi) is 6.40. The van der Waals surface area contributed by atoms with Gasteiger partial charge in [0.05, 0.1) is 5.00 Å². The monoisotopic (exact) mass is 381 g/mol. The lowest BCUT2D eigenvalue weighted by Crippen LogP contribution is -2.35. The van der Waals surface area contributed by atoms with Crippen LogP contribution in [0.15, 0.2) is 49.2 Å². The molecular weight excluding hydrogens is 350 g/mol. The molecule has 0 saturated carbocycles. The first-order valence-corrected chi connectivity index (χ1v) is 10.5. The van der Waals surface area contributed by atoms with E-state index in [2.05, 4.69) is 55.0 Å². The number of nitrogens with one attached hydrogen (secondary N) is 2. The van der Waals surface area contributed by atoms with Crippen LogP contribution in [0.3, 0.4) is 0 Å². The van der Waals surface area contributed by atoms with E-state index >= 15 is 0 Å². The number of nitrogens with two attached hydrogens (primary N) is 1. The van der Waals surface area contributed by atoms with Gasteiger partial charge < -0.3 is 16.4 Å². The Hall–Kier alpha value is -2.04. The molecule has 0 amide bonds. The smallest absolute Gasteiger partial charge is 0.0961 e. The van der Waals surface area contributed by atoms with E-state index in [1.165, 1.54) is 39.4 Å². The lowest BCUT2D eigenvalue weighted by molar-refractivity contribution is 0.526. The van der Waals surface area contributed by atoms with Crippen LogP contribution in [-0.2, 0) is 12.8 Å². The van der Waals surface area contributed by atoms with Crippen molar-refractivity contribution in [1.29, 1.82) is 0 Å². The average Bonchev–Trinajstić information content (AvgIpc) is 3.06. The lowest BCUT2D eigenvalue weighted by Gasteiger charge is -2.25. The molecule has 3 nitrogen and oxygen atoms in total. The van der Waals surface area contributed by atoms with Gasteiger partial charge in [0.2, 0.25) is 0 Å². The number of anilines is 1. The molecule has 1 aliphatic carbocycles. The minimum absolute atomic E-state index is 0.0716. The number of hydrogen-bond acceptors (Lipinski definition) is 4. The number of fused-ring (bicyclic) bond motifs is 1. The standard InChI is InChI=1S/C23H31N3S/c1-15(2)21-19-12-8-11-18(22(19)27-23(21)25-4)14-26-16(3)20(24)13-17-9-6-5-7-10-17/h5-7,9-10,18,20,25-26H,1,3,8,11-14,24H2,2,4H3. The topological polar surface area (TPSA) is 50.1 Å². The molecule has 3 rings (SSSR count). The molecule has 27 heavy (non-hydrogen) atoms. The number of thiophene rings is 1. The van der Waals surface area contributed by atoms with Gasteiger partial charge in [-0.05, 0) is 49.3 Å². The predicted octanol–water partition coefficient (Wildman–Crippen LogP) is 4.92. The molecule has 2 unspecified atom stereocenters. The van der Waals surface area contributed by atoms with Gasteiger partial charge in [-0.2, -0.15) is 0 Å². The molecule has 4 N–H and O–H groups in total. The molecule has 144 valence electrons. The van der Waals surface area contributed by atoms with E-state index in [0.717, 1.165) is 30.7 Å². The van der Waals surface area contributed by atoms with Crippen LogP contribution >= 0.6 is 11.3 Å². The van der Waals surface area contributed by atoms with Crippen LogP contribution in [-0.4, -0.2) is 19.6 Å². The summed E-state index contributed by atoms with van der Waals surface area (Å²) in [5.74, 6) is 0.514. The third-order valence-electron chi connectivity index (χ3n) is 5.36. The second kappa shape index (κ2) is 8.77. The normalized spacial score (nSPS) is 17.1. The summed E-state index contributed by atoms with van der Waals surface area (Å²) in [5, 5.41) is 8.15. The number of benzene rings is 1. The predicted molar refractivity (Wildman–Crippen MR) is 120 cm³/mol. The Bertz CT molecular complexity index is 807. The number of hydrogen-bond donors (Lipinski definition) is 3. The Morgan fingerprint density at radius 3 is 2.70 bits per heavy atom. The molecule has 2 aromatic rings. The summed E-state index contributed by atoms with van der Waals surface area (Å²) < 4.78 is 0. The molecule has 0 radical (unpaired) electrons. The molecule has 0 saturated heterocycles.